The summed E-state index contributed by atoms with van der Waals surface area (Å²) >= 11 is 5.66. The van der Waals surface area contributed by atoms with Gasteiger partial charge in [0.05, 0.1) is 4.92 Å². The molecule has 0 radical (unpaired) electrons. The zero-order valence-corrected chi connectivity index (χ0v) is 12.9. The van der Waals surface area contributed by atoms with Crippen LogP contribution >= 0.6 is 11.6 Å². The van der Waals surface area contributed by atoms with Crippen molar-refractivity contribution in [3.05, 3.63) is 69.2 Å². The Hall–Kier alpha value is -3.13. The second kappa shape index (κ2) is 7.93. The number of nitro groups is 1. The molecule has 0 aliphatic carbocycles. The van der Waals surface area contributed by atoms with Crippen LogP contribution in [0.4, 0.5) is 5.69 Å². The fourth-order valence-electron chi connectivity index (χ4n) is 1.69. The molecule has 0 atom stereocenters. The van der Waals surface area contributed by atoms with Crippen molar-refractivity contribution in [2.75, 3.05) is 6.61 Å². The molecule has 2 amide bonds. The van der Waals surface area contributed by atoms with Crippen molar-refractivity contribution in [2.45, 2.75) is 0 Å². The highest BCUT2D eigenvalue weighted by molar-refractivity contribution is 6.32. The van der Waals surface area contributed by atoms with Crippen molar-refractivity contribution in [2.24, 2.45) is 0 Å². The third-order valence-corrected chi connectivity index (χ3v) is 3.15. The molecular formula is C15H12ClN3O5. The van der Waals surface area contributed by atoms with Gasteiger partial charge in [-0.05, 0) is 24.3 Å². The fourth-order valence-corrected chi connectivity index (χ4v) is 1.88. The Kier molecular flexibility index (Phi) is 5.69. The Morgan fingerprint density at radius 3 is 2.50 bits per heavy atom. The summed E-state index contributed by atoms with van der Waals surface area (Å²) < 4.78 is 5.20. The summed E-state index contributed by atoms with van der Waals surface area (Å²) in [6.07, 6.45) is 0. The average Bonchev–Trinajstić information content (AvgIpc) is 2.59. The first-order chi connectivity index (χ1) is 11.5. The predicted molar refractivity (Wildman–Crippen MR) is 85.7 cm³/mol. The van der Waals surface area contributed by atoms with Crippen LogP contribution in [0.3, 0.4) is 0 Å². The number of rotatable bonds is 5. The van der Waals surface area contributed by atoms with Gasteiger partial charge in [0, 0.05) is 11.6 Å². The van der Waals surface area contributed by atoms with Gasteiger partial charge in [0.25, 0.3) is 17.5 Å². The van der Waals surface area contributed by atoms with Crippen LogP contribution in [-0.2, 0) is 4.79 Å². The number of benzene rings is 2. The molecule has 2 N–H and O–H groups in total. The smallest absolute Gasteiger partial charge is 0.288 e. The van der Waals surface area contributed by atoms with Gasteiger partial charge < -0.3 is 4.74 Å². The summed E-state index contributed by atoms with van der Waals surface area (Å²) in [4.78, 5) is 33.6. The molecule has 0 aliphatic heterocycles. The normalized spacial score (nSPS) is 9.88. The molecule has 2 rings (SSSR count). The Morgan fingerprint density at radius 1 is 1.12 bits per heavy atom. The van der Waals surface area contributed by atoms with E-state index in [4.69, 9.17) is 16.3 Å². The van der Waals surface area contributed by atoms with E-state index in [1.165, 1.54) is 12.1 Å². The molecular weight excluding hydrogens is 338 g/mol. The molecule has 24 heavy (non-hydrogen) atoms. The highest BCUT2D eigenvalue weighted by Crippen LogP contribution is 2.24. The van der Waals surface area contributed by atoms with Crippen LogP contribution in [0.1, 0.15) is 10.4 Å². The van der Waals surface area contributed by atoms with Crippen molar-refractivity contribution in [3.63, 3.8) is 0 Å². The number of halogens is 1. The number of nitro benzene ring substituents is 1. The molecule has 0 saturated carbocycles. The number of hydrazine groups is 1. The van der Waals surface area contributed by atoms with Crippen LogP contribution in [0.25, 0.3) is 0 Å². The van der Waals surface area contributed by atoms with Gasteiger partial charge in [-0.15, -0.1) is 0 Å². The topological polar surface area (TPSA) is 111 Å². The van der Waals surface area contributed by atoms with Gasteiger partial charge in [0.15, 0.2) is 6.61 Å². The molecule has 0 unspecified atom stereocenters. The van der Waals surface area contributed by atoms with Crippen molar-refractivity contribution in [1.29, 1.82) is 0 Å². The van der Waals surface area contributed by atoms with Gasteiger partial charge in [0.2, 0.25) is 0 Å². The summed E-state index contributed by atoms with van der Waals surface area (Å²) in [5.74, 6) is -0.800. The molecule has 0 aliphatic rings. The van der Waals surface area contributed by atoms with Crippen LogP contribution in [0.5, 0.6) is 5.75 Å². The number of amides is 2. The van der Waals surface area contributed by atoms with Gasteiger partial charge >= 0.3 is 0 Å². The number of para-hydroxylation sites is 1. The molecule has 9 heteroatoms. The maximum atomic E-state index is 11.9. The molecule has 0 heterocycles. The third kappa shape index (κ3) is 4.68. The maximum absolute atomic E-state index is 11.9. The monoisotopic (exact) mass is 349 g/mol. The van der Waals surface area contributed by atoms with Crippen molar-refractivity contribution < 1.29 is 19.2 Å². The van der Waals surface area contributed by atoms with Gasteiger partial charge in [-0.3, -0.25) is 30.6 Å². The van der Waals surface area contributed by atoms with Gasteiger partial charge in [-0.1, -0.05) is 29.8 Å². The first-order valence-corrected chi connectivity index (χ1v) is 7.06. The predicted octanol–water partition coefficient (Wildman–Crippen LogP) is 2.09. The summed E-state index contributed by atoms with van der Waals surface area (Å²) in [5, 5.41) is 10.7. The minimum atomic E-state index is -0.720. The Morgan fingerprint density at radius 2 is 1.83 bits per heavy atom. The minimum absolute atomic E-state index is 0.0182. The van der Waals surface area contributed by atoms with E-state index in [-0.39, 0.29) is 17.2 Å². The molecule has 8 nitrogen and oxygen atoms in total. The van der Waals surface area contributed by atoms with E-state index in [9.17, 15) is 19.7 Å². The number of hydrogen-bond donors (Lipinski definition) is 2. The molecule has 124 valence electrons. The number of hydrogen-bond acceptors (Lipinski definition) is 5. The van der Waals surface area contributed by atoms with E-state index < -0.39 is 22.4 Å². The number of nitrogens with zero attached hydrogens (tertiary/aromatic N) is 1. The van der Waals surface area contributed by atoms with E-state index in [0.717, 1.165) is 6.07 Å². The molecule has 0 bridgehead atoms. The third-order valence-electron chi connectivity index (χ3n) is 2.83. The van der Waals surface area contributed by atoms with Gasteiger partial charge in [-0.25, -0.2) is 0 Å². The zero-order valence-electron chi connectivity index (χ0n) is 12.2. The highest BCUT2D eigenvalue weighted by atomic mass is 35.5. The second-order valence-electron chi connectivity index (χ2n) is 4.53. The van der Waals surface area contributed by atoms with Crippen molar-refractivity contribution in [1.82, 2.24) is 10.9 Å². The maximum Gasteiger partial charge on any atom is 0.288 e. The minimum Gasteiger partial charge on any atom is -0.484 e. The van der Waals surface area contributed by atoms with Crippen molar-refractivity contribution >= 4 is 29.1 Å². The molecule has 2 aromatic rings. The van der Waals surface area contributed by atoms with E-state index in [1.807, 2.05) is 0 Å². The fraction of sp³-hybridized carbons (Fsp3) is 0.0667. The molecule has 0 saturated heterocycles. The van der Waals surface area contributed by atoms with Crippen molar-refractivity contribution in [3.8, 4) is 5.75 Å². The SMILES string of the molecule is O=C(COc1ccccc1)NNC(=O)c1ccc(Cl)c([N+](=O)[O-])c1. The lowest BCUT2D eigenvalue weighted by Crippen LogP contribution is -2.43. The summed E-state index contributed by atoms with van der Waals surface area (Å²) in [6.45, 7) is -0.301. The number of ether oxygens (including phenoxy) is 1. The summed E-state index contributed by atoms with van der Waals surface area (Å²) in [5.41, 5.74) is 3.87. The van der Waals surface area contributed by atoms with E-state index >= 15 is 0 Å². The Bertz CT molecular complexity index is 767. The number of carbonyl (C=O) groups is 2. The largest absolute Gasteiger partial charge is 0.484 e. The second-order valence-corrected chi connectivity index (χ2v) is 4.93. The summed E-state index contributed by atoms with van der Waals surface area (Å²) in [6, 6.07) is 12.2. The zero-order chi connectivity index (χ0) is 17.5. The van der Waals surface area contributed by atoms with Crippen LogP contribution in [0.15, 0.2) is 48.5 Å². The van der Waals surface area contributed by atoms with Gasteiger partial charge in [-0.2, -0.15) is 0 Å². The lowest BCUT2D eigenvalue weighted by Gasteiger charge is -2.09. The molecule has 0 spiro atoms. The summed E-state index contributed by atoms with van der Waals surface area (Å²) in [7, 11) is 0. The highest BCUT2D eigenvalue weighted by Gasteiger charge is 2.16. The molecule has 2 aromatic carbocycles. The van der Waals surface area contributed by atoms with E-state index in [0.29, 0.717) is 5.75 Å². The quantitative estimate of drug-likeness (QED) is 0.634. The number of nitrogens with one attached hydrogen (secondary N) is 2. The average molecular weight is 350 g/mol. The Balaban J connectivity index is 1.87. The standard InChI is InChI=1S/C15H12ClN3O5/c16-12-7-6-10(8-13(12)19(22)23)15(21)18-17-14(20)9-24-11-4-2-1-3-5-11/h1-8H,9H2,(H,17,20)(H,18,21). The van der Waals surface area contributed by atoms with Crippen LogP contribution in [0.2, 0.25) is 5.02 Å². The first-order valence-electron chi connectivity index (χ1n) is 6.68. The molecule has 0 aromatic heterocycles. The van der Waals surface area contributed by atoms with Crippen LogP contribution in [-0.4, -0.2) is 23.3 Å². The Labute approximate surface area is 141 Å². The molecule has 0 fully saturated rings. The van der Waals surface area contributed by atoms with Gasteiger partial charge in [0.1, 0.15) is 10.8 Å². The van der Waals surface area contributed by atoms with E-state index in [2.05, 4.69) is 10.9 Å². The van der Waals surface area contributed by atoms with Crippen LogP contribution in [0, 0.1) is 10.1 Å². The lowest BCUT2D eigenvalue weighted by atomic mass is 10.2. The first kappa shape index (κ1) is 17.2. The lowest BCUT2D eigenvalue weighted by molar-refractivity contribution is -0.384. The van der Waals surface area contributed by atoms with E-state index in [1.54, 1.807) is 30.3 Å². The van der Waals surface area contributed by atoms with Crippen LogP contribution < -0.4 is 15.6 Å². The number of carbonyl (C=O) groups excluding carboxylic acids is 2.